The SMILES string of the molecule is CCCCCCCCC(C)=CC(=O)OCCOC. The van der Waals surface area contributed by atoms with Gasteiger partial charge >= 0.3 is 5.97 Å². The lowest BCUT2D eigenvalue weighted by molar-refractivity contribution is -0.139. The largest absolute Gasteiger partial charge is 0.460 e. The van der Waals surface area contributed by atoms with Crippen LogP contribution in [0.15, 0.2) is 11.6 Å². The van der Waals surface area contributed by atoms with Crippen molar-refractivity contribution in [1.82, 2.24) is 0 Å². The molecular formula is C15H28O3. The van der Waals surface area contributed by atoms with E-state index < -0.39 is 0 Å². The van der Waals surface area contributed by atoms with Gasteiger partial charge in [-0.15, -0.1) is 0 Å². The summed E-state index contributed by atoms with van der Waals surface area (Å²) < 4.78 is 9.78. The summed E-state index contributed by atoms with van der Waals surface area (Å²) >= 11 is 0. The number of esters is 1. The number of carbonyl (C=O) groups is 1. The van der Waals surface area contributed by atoms with Gasteiger partial charge in [0.05, 0.1) is 6.61 Å². The van der Waals surface area contributed by atoms with Gasteiger partial charge in [0, 0.05) is 13.2 Å². The molecule has 0 unspecified atom stereocenters. The third kappa shape index (κ3) is 11.6. The third-order valence-electron chi connectivity index (χ3n) is 2.82. The van der Waals surface area contributed by atoms with Crippen molar-refractivity contribution in [2.75, 3.05) is 20.3 Å². The van der Waals surface area contributed by atoms with E-state index in [2.05, 4.69) is 6.92 Å². The quantitative estimate of drug-likeness (QED) is 0.320. The van der Waals surface area contributed by atoms with Crippen LogP contribution >= 0.6 is 0 Å². The van der Waals surface area contributed by atoms with Crippen LogP contribution in [-0.4, -0.2) is 26.3 Å². The van der Waals surface area contributed by atoms with Crippen molar-refractivity contribution in [1.29, 1.82) is 0 Å². The number of hydrogen-bond acceptors (Lipinski definition) is 3. The van der Waals surface area contributed by atoms with Crippen LogP contribution in [0.2, 0.25) is 0 Å². The molecule has 0 saturated carbocycles. The highest BCUT2D eigenvalue weighted by molar-refractivity contribution is 5.82. The molecule has 0 aromatic carbocycles. The number of methoxy groups -OCH3 is 1. The molecule has 0 radical (unpaired) electrons. The van der Waals surface area contributed by atoms with Crippen LogP contribution in [0.1, 0.15) is 58.8 Å². The molecule has 0 amide bonds. The molecule has 0 aliphatic heterocycles. The molecule has 0 aromatic heterocycles. The fourth-order valence-electron chi connectivity index (χ4n) is 1.72. The zero-order valence-electron chi connectivity index (χ0n) is 12.2. The zero-order valence-corrected chi connectivity index (χ0v) is 12.2. The molecule has 0 bridgehead atoms. The van der Waals surface area contributed by atoms with Crippen molar-refractivity contribution in [2.24, 2.45) is 0 Å². The lowest BCUT2D eigenvalue weighted by Gasteiger charge is -2.03. The summed E-state index contributed by atoms with van der Waals surface area (Å²) in [4.78, 5) is 11.3. The van der Waals surface area contributed by atoms with Crippen molar-refractivity contribution < 1.29 is 14.3 Å². The number of hydrogen-bond donors (Lipinski definition) is 0. The molecule has 0 aliphatic rings. The molecule has 3 heteroatoms. The topological polar surface area (TPSA) is 35.5 Å². The lowest BCUT2D eigenvalue weighted by atomic mass is 10.1. The van der Waals surface area contributed by atoms with Gasteiger partial charge in [0.2, 0.25) is 0 Å². The fourth-order valence-corrected chi connectivity index (χ4v) is 1.72. The minimum atomic E-state index is -0.254. The Hall–Kier alpha value is -0.830. The summed E-state index contributed by atoms with van der Waals surface area (Å²) in [5, 5.41) is 0. The Balaban J connectivity index is 3.54. The molecule has 106 valence electrons. The van der Waals surface area contributed by atoms with Crippen molar-refractivity contribution in [2.45, 2.75) is 58.8 Å². The van der Waals surface area contributed by atoms with Gasteiger partial charge in [0.1, 0.15) is 6.61 Å². The summed E-state index contributed by atoms with van der Waals surface area (Å²) in [7, 11) is 1.59. The van der Waals surface area contributed by atoms with E-state index in [1.54, 1.807) is 13.2 Å². The number of rotatable bonds is 11. The monoisotopic (exact) mass is 256 g/mol. The first-order valence-electron chi connectivity index (χ1n) is 7.03. The van der Waals surface area contributed by atoms with Gasteiger partial charge in [-0.2, -0.15) is 0 Å². The van der Waals surface area contributed by atoms with Gasteiger partial charge in [-0.05, 0) is 19.8 Å². The number of unbranched alkanes of at least 4 members (excludes halogenated alkanes) is 5. The minimum absolute atomic E-state index is 0.254. The van der Waals surface area contributed by atoms with Gasteiger partial charge in [-0.3, -0.25) is 0 Å². The van der Waals surface area contributed by atoms with Crippen molar-refractivity contribution in [3.05, 3.63) is 11.6 Å². The maximum absolute atomic E-state index is 11.3. The second kappa shape index (κ2) is 12.6. The van der Waals surface area contributed by atoms with Crippen LogP contribution in [0.5, 0.6) is 0 Å². The molecule has 0 heterocycles. The average Bonchev–Trinajstić information content (AvgIpc) is 2.34. The van der Waals surface area contributed by atoms with E-state index in [1.807, 2.05) is 6.92 Å². The number of allylic oxidation sites excluding steroid dienone is 1. The van der Waals surface area contributed by atoms with Crippen molar-refractivity contribution >= 4 is 5.97 Å². The van der Waals surface area contributed by atoms with E-state index in [9.17, 15) is 4.79 Å². The first kappa shape index (κ1) is 17.2. The van der Waals surface area contributed by atoms with Crippen LogP contribution in [0, 0.1) is 0 Å². The molecule has 0 rings (SSSR count). The van der Waals surface area contributed by atoms with Gasteiger partial charge in [-0.25, -0.2) is 4.79 Å². The standard InChI is InChI=1S/C15H28O3/c1-4-5-6-7-8-9-10-14(2)13-15(16)18-12-11-17-3/h13H,4-12H2,1-3H3. The van der Waals surface area contributed by atoms with Gasteiger partial charge in [0.15, 0.2) is 0 Å². The smallest absolute Gasteiger partial charge is 0.330 e. The average molecular weight is 256 g/mol. The summed E-state index contributed by atoms with van der Waals surface area (Å²) in [5.41, 5.74) is 1.10. The van der Waals surface area contributed by atoms with E-state index >= 15 is 0 Å². The Morgan fingerprint density at radius 3 is 2.39 bits per heavy atom. The fraction of sp³-hybridized carbons (Fsp3) is 0.800. The Bertz CT molecular complexity index is 234. The van der Waals surface area contributed by atoms with Gasteiger partial charge in [0.25, 0.3) is 0 Å². The maximum atomic E-state index is 11.3. The maximum Gasteiger partial charge on any atom is 0.330 e. The lowest BCUT2D eigenvalue weighted by Crippen LogP contribution is -2.07. The van der Waals surface area contributed by atoms with Gasteiger partial charge in [-0.1, -0.05) is 44.6 Å². The van der Waals surface area contributed by atoms with Crippen molar-refractivity contribution in [3.8, 4) is 0 Å². The van der Waals surface area contributed by atoms with E-state index in [4.69, 9.17) is 9.47 Å². The first-order chi connectivity index (χ1) is 8.70. The Kier molecular flexibility index (Phi) is 12.0. The number of carbonyl (C=O) groups excluding carboxylic acids is 1. The van der Waals surface area contributed by atoms with Crippen molar-refractivity contribution in [3.63, 3.8) is 0 Å². The Labute approximate surface area is 112 Å². The molecule has 0 aliphatic carbocycles. The predicted molar refractivity (Wildman–Crippen MR) is 74.6 cm³/mol. The van der Waals surface area contributed by atoms with Crippen LogP contribution in [0.25, 0.3) is 0 Å². The van der Waals surface area contributed by atoms with Crippen LogP contribution in [0.4, 0.5) is 0 Å². The number of ether oxygens (including phenoxy) is 2. The first-order valence-corrected chi connectivity index (χ1v) is 7.03. The predicted octanol–water partition coefficient (Wildman–Crippen LogP) is 3.87. The van der Waals surface area contributed by atoms with E-state index in [-0.39, 0.29) is 5.97 Å². The molecule has 0 aromatic rings. The molecule has 0 saturated heterocycles. The normalized spacial score (nSPS) is 11.6. The van der Waals surface area contributed by atoms with Gasteiger partial charge < -0.3 is 9.47 Å². The van der Waals surface area contributed by atoms with E-state index in [1.165, 1.54) is 32.1 Å². The highest BCUT2D eigenvalue weighted by Gasteiger charge is 1.99. The minimum Gasteiger partial charge on any atom is -0.460 e. The molecular weight excluding hydrogens is 228 g/mol. The highest BCUT2D eigenvalue weighted by Crippen LogP contribution is 2.11. The van der Waals surface area contributed by atoms with E-state index in [0.717, 1.165) is 18.4 Å². The van der Waals surface area contributed by atoms with Crippen LogP contribution < -0.4 is 0 Å². The summed E-state index contributed by atoms with van der Waals surface area (Å²) in [6.45, 7) is 5.00. The third-order valence-corrected chi connectivity index (χ3v) is 2.82. The molecule has 0 fully saturated rings. The zero-order chi connectivity index (χ0) is 13.6. The Morgan fingerprint density at radius 2 is 1.72 bits per heavy atom. The van der Waals surface area contributed by atoms with Crippen LogP contribution in [0.3, 0.4) is 0 Å². The summed E-state index contributed by atoms with van der Waals surface area (Å²) in [5.74, 6) is -0.254. The summed E-state index contributed by atoms with van der Waals surface area (Å²) in [6, 6.07) is 0. The van der Waals surface area contributed by atoms with Crippen LogP contribution in [-0.2, 0) is 14.3 Å². The molecule has 3 nitrogen and oxygen atoms in total. The molecule has 18 heavy (non-hydrogen) atoms. The molecule has 0 spiro atoms. The van der Waals surface area contributed by atoms with E-state index in [0.29, 0.717) is 13.2 Å². The summed E-state index contributed by atoms with van der Waals surface area (Å²) in [6.07, 6.45) is 10.3. The highest BCUT2D eigenvalue weighted by atomic mass is 16.6. The Morgan fingerprint density at radius 1 is 1.06 bits per heavy atom. The second-order valence-corrected chi connectivity index (χ2v) is 4.67. The second-order valence-electron chi connectivity index (χ2n) is 4.67. The molecule has 0 N–H and O–H groups in total. The molecule has 0 atom stereocenters.